The monoisotopic (exact) mass is 725 g/mol. The summed E-state index contributed by atoms with van der Waals surface area (Å²) in [5.74, 6) is 0.346. The Labute approximate surface area is 316 Å². The minimum absolute atomic E-state index is 0.0308. The first-order valence-corrected chi connectivity index (χ1v) is 18.7. The van der Waals surface area contributed by atoms with Crippen LogP contribution >= 0.6 is 0 Å². The van der Waals surface area contributed by atoms with Gasteiger partial charge in [0.15, 0.2) is 5.78 Å². The van der Waals surface area contributed by atoms with Crippen molar-refractivity contribution in [3.05, 3.63) is 126 Å². The number of carbonyl (C=O) groups is 4. The lowest BCUT2D eigenvalue weighted by Crippen LogP contribution is -2.47. The molecule has 3 heterocycles. The third-order valence-electron chi connectivity index (χ3n) is 10.7. The van der Waals surface area contributed by atoms with E-state index < -0.39 is 24.2 Å². The highest BCUT2D eigenvalue weighted by atomic mass is 16.3. The van der Waals surface area contributed by atoms with E-state index in [-0.39, 0.29) is 29.9 Å². The van der Waals surface area contributed by atoms with E-state index in [0.29, 0.717) is 43.0 Å². The summed E-state index contributed by atoms with van der Waals surface area (Å²) in [5, 5.41) is 7.03. The zero-order chi connectivity index (χ0) is 37.8. The third-order valence-corrected chi connectivity index (χ3v) is 10.7. The highest BCUT2D eigenvalue weighted by Crippen LogP contribution is 2.32. The smallest absolute Gasteiger partial charge is 0.247 e. The first-order valence-electron chi connectivity index (χ1n) is 18.7. The first kappa shape index (κ1) is 36.8. The van der Waals surface area contributed by atoms with E-state index in [1.165, 1.54) is 0 Å². The van der Waals surface area contributed by atoms with Crippen molar-refractivity contribution in [1.82, 2.24) is 20.0 Å². The molecule has 10 heteroatoms. The van der Waals surface area contributed by atoms with Crippen molar-refractivity contribution in [3.8, 4) is 11.3 Å². The number of benzene rings is 4. The second-order valence-corrected chi connectivity index (χ2v) is 14.5. The van der Waals surface area contributed by atoms with Gasteiger partial charge in [0, 0.05) is 36.1 Å². The molecule has 0 saturated carbocycles. The van der Waals surface area contributed by atoms with Gasteiger partial charge in [0.1, 0.15) is 29.5 Å². The van der Waals surface area contributed by atoms with Crippen molar-refractivity contribution in [2.45, 2.75) is 56.3 Å². The Kier molecular flexibility index (Phi) is 11.0. The van der Waals surface area contributed by atoms with E-state index in [2.05, 4.69) is 10.6 Å². The summed E-state index contributed by atoms with van der Waals surface area (Å²) in [4.78, 5) is 59.8. The molecule has 3 amide bonds. The number of likely N-dealkylation sites (tertiary alicyclic amines) is 2. The maximum atomic E-state index is 13.7. The number of ketones is 1. The molecule has 1 aromatic heterocycles. The van der Waals surface area contributed by atoms with Crippen LogP contribution in [0.4, 0.5) is 5.69 Å². The Morgan fingerprint density at radius 1 is 0.759 bits per heavy atom. The van der Waals surface area contributed by atoms with E-state index in [1.54, 1.807) is 16.8 Å². The predicted octanol–water partition coefficient (Wildman–Crippen LogP) is 6.40. The molecule has 5 aromatic rings. The predicted molar refractivity (Wildman–Crippen MR) is 210 cm³/mol. The van der Waals surface area contributed by atoms with Crippen LogP contribution in [0, 0.1) is 0 Å². The number of hydrogen-bond acceptors (Lipinski definition) is 7. The average Bonchev–Trinajstić information content (AvgIpc) is 3.97. The SMILES string of the molecule is CN[C@@H](C(=O)N1CCC[C@H]1C(=O)Cc1ccc2oc(-c3ccc(NC(=O)[C@@H]4CCCN4C(=O)[C@@H](c4ccccc4)N(C)C)cc3)cc2c1)c1ccccc1. The molecule has 278 valence electrons. The van der Waals surface area contributed by atoms with Gasteiger partial charge < -0.3 is 24.9 Å². The summed E-state index contributed by atoms with van der Waals surface area (Å²) in [6.45, 7) is 1.11. The zero-order valence-electron chi connectivity index (χ0n) is 31.0. The van der Waals surface area contributed by atoms with Crippen LogP contribution in [0.3, 0.4) is 0 Å². The Hall–Kier alpha value is -5.58. The molecule has 0 spiro atoms. The molecule has 0 bridgehead atoms. The van der Waals surface area contributed by atoms with Gasteiger partial charge in [-0.1, -0.05) is 66.7 Å². The van der Waals surface area contributed by atoms with Crippen LogP contribution in [0.5, 0.6) is 0 Å². The van der Waals surface area contributed by atoms with Crippen molar-refractivity contribution >= 4 is 40.2 Å². The molecule has 0 radical (unpaired) electrons. The number of hydrogen-bond donors (Lipinski definition) is 2. The molecule has 54 heavy (non-hydrogen) atoms. The van der Waals surface area contributed by atoms with Crippen LogP contribution in [0.15, 0.2) is 114 Å². The summed E-state index contributed by atoms with van der Waals surface area (Å²) in [7, 11) is 5.53. The van der Waals surface area contributed by atoms with Crippen LogP contribution in [-0.4, -0.2) is 84.5 Å². The average molecular weight is 726 g/mol. The van der Waals surface area contributed by atoms with E-state index in [0.717, 1.165) is 40.5 Å². The molecule has 4 aromatic carbocycles. The Bertz CT molecular complexity index is 2110. The van der Waals surface area contributed by atoms with E-state index >= 15 is 0 Å². The standard InChI is InChI=1S/C44H47N5O5/c1-45-40(31-12-6-4-7-13-31)43(52)48-24-10-16-35(48)37(50)27-29-18-23-38-33(26-29)28-39(54-38)30-19-21-34(22-20-30)46-42(51)36-17-11-25-49(36)44(53)41(47(2)3)32-14-8-5-9-15-32/h4-9,12-15,18-23,26,28,35-36,40-41,45H,10-11,16-17,24-25,27H2,1-3H3,(H,46,51)/t35-,36-,40+,41+/m0/s1. The summed E-state index contributed by atoms with van der Waals surface area (Å²) >= 11 is 0. The molecule has 7 rings (SSSR count). The molecule has 10 nitrogen and oxygen atoms in total. The van der Waals surface area contributed by atoms with Gasteiger partial charge in [-0.15, -0.1) is 0 Å². The quantitative estimate of drug-likeness (QED) is 0.153. The van der Waals surface area contributed by atoms with Crippen LogP contribution in [-0.2, 0) is 25.6 Å². The van der Waals surface area contributed by atoms with Crippen LogP contribution in [0.2, 0.25) is 0 Å². The fraction of sp³-hybridized carbons (Fsp3) is 0.318. The summed E-state index contributed by atoms with van der Waals surface area (Å²) < 4.78 is 6.18. The molecular weight excluding hydrogens is 679 g/mol. The van der Waals surface area contributed by atoms with Gasteiger partial charge in [0.25, 0.3) is 0 Å². The molecule has 0 unspecified atom stereocenters. The number of fused-ring (bicyclic) bond motifs is 1. The first-order chi connectivity index (χ1) is 26.2. The Morgan fingerprint density at radius 2 is 1.39 bits per heavy atom. The lowest BCUT2D eigenvalue weighted by atomic mass is 9.99. The van der Waals surface area contributed by atoms with Crippen molar-refractivity contribution in [3.63, 3.8) is 0 Å². The van der Waals surface area contributed by atoms with E-state index in [4.69, 9.17) is 4.42 Å². The summed E-state index contributed by atoms with van der Waals surface area (Å²) in [5.41, 5.74) is 4.82. The van der Waals surface area contributed by atoms with E-state index in [1.807, 2.05) is 128 Å². The summed E-state index contributed by atoms with van der Waals surface area (Å²) in [6, 6.07) is 32.5. The van der Waals surface area contributed by atoms with Crippen molar-refractivity contribution in [2.24, 2.45) is 0 Å². The van der Waals surface area contributed by atoms with Gasteiger partial charge in [-0.3, -0.25) is 24.1 Å². The van der Waals surface area contributed by atoms with Crippen LogP contribution in [0.1, 0.15) is 54.5 Å². The van der Waals surface area contributed by atoms with Gasteiger partial charge in [-0.25, -0.2) is 0 Å². The number of carbonyl (C=O) groups excluding carboxylic acids is 4. The molecule has 0 aliphatic carbocycles. The Balaban J connectivity index is 0.988. The minimum atomic E-state index is -0.545. The molecular formula is C44H47N5O5. The lowest BCUT2D eigenvalue weighted by molar-refractivity contribution is -0.140. The molecule has 2 N–H and O–H groups in total. The normalized spacial score (nSPS) is 18.2. The largest absolute Gasteiger partial charge is 0.456 e. The molecule has 4 atom stereocenters. The summed E-state index contributed by atoms with van der Waals surface area (Å²) in [6.07, 6.45) is 3.06. The van der Waals surface area contributed by atoms with Crippen molar-refractivity contribution in [1.29, 1.82) is 0 Å². The van der Waals surface area contributed by atoms with Gasteiger partial charge in [-0.05, 0) is 106 Å². The lowest BCUT2D eigenvalue weighted by Gasteiger charge is -2.31. The Morgan fingerprint density at radius 3 is 2.04 bits per heavy atom. The topological polar surface area (TPSA) is 115 Å². The molecule has 2 saturated heterocycles. The van der Waals surface area contributed by atoms with Gasteiger partial charge in [0.05, 0.1) is 6.04 Å². The molecule has 2 fully saturated rings. The maximum Gasteiger partial charge on any atom is 0.247 e. The number of rotatable bonds is 12. The number of furan rings is 1. The molecule has 2 aliphatic rings. The fourth-order valence-electron chi connectivity index (χ4n) is 7.97. The number of anilines is 1. The minimum Gasteiger partial charge on any atom is -0.456 e. The van der Waals surface area contributed by atoms with Gasteiger partial charge in [-0.2, -0.15) is 0 Å². The van der Waals surface area contributed by atoms with Gasteiger partial charge in [0.2, 0.25) is 17.7 Å². The highest BCUT2D eigenvalue weighted by molar-refractivity contribution is 5.99. The van der Waals surface area contributed by atoms with Crippen LogP contribution < -0.4 is 10.6 Å². The number of amides is 3. The van der Waals surface area contributed by atoms with Crippen molar-refractivity contribution < 1.29 is 23.6 Å². The number of nitrogens with one attached hydrogen (secondary N) is 2. The number of Topliss-reactive ketones (excluding diaryl/α,β-unsaturated/α-hetero) is 1. The third kappa shape index (κ3) is 7.71. The second kappa shape index (κ2) is 16.2. The van der Waals surface area contributed by atoms with E-state index in [9.17, 15) is 19.2 Å². The highest BCUT2D eigenvalue weighted by Gasteiger charge is 2.39. The zero-order valence-corrected chi connectivity index (χ0v) is 31.0. The number of nitrogens with zero attached hydrogens (tertiary/aromatic N) is 3. The number of likely N-dealkylation sites (N-methyl/N-ethyl adjacent to an activating group) is 2. The fourth-order valence-corrected chi connectivity index (χ4v) is 7.97. The van der Waals surface area contributed by atoms with Gasteiger partial charge >= 0.3 is 0 Å². The second-order valence-electron chi connectivity index (χ2n) is 14.5. The molecule has 2 aliphatic heterocycles. The maximum absolute atomic E-state index is 13.7. The van der Waals surface area contributed by atoms with Crippen LogP contribution in [0.25, 0.3) is 22.3 Å². The van der Waals surface area contributed by atoms with Crippen molar-refractivity contribution in [2.75, 3.05) is 39.5 Å².